The Hall–Kier alpha value is -4.35. The van der Waals surface area contributed by atoms with Gasteiger partial charge in [-0.3, -0.25) is 19.2 Å². The molecule has 1 aromatic carbocycles. The van der Waals surface area contributed by atoms with Gasteiger partial charge in [0.1, 0.15) is 11.6 Å². The number of carbonyl (C=O) groups excluding carboxylic acids is 5. The van der Waals surface area contributed by atoms with Gasteiger partial charge in [0.15, 0.2) is 11.5 Å². The third kappa shape index (κ3) is 10.2. The van der Waals surface area contributed by atoms with Crippen LogP contribution in [-0.2, 0) is 30.3 Å². The molecule has 2 heterocycles. The van der Waals surface area contributed by atoms with Gasteiger partial charge in [0.25, 0.3) is 5.91 Å². The van der Waals surface area contributed by atoms with Crippen LogP contribution in [0.25, 0.3) is 0 Å². The molecule has 0 bridgehead atoms. The fourth-order valence-corrected chi connectivity index (χ4v) is 4.89. The average molecular weight is 599 g/mol. The van der Waals surface area contributed by atoms with Crippen molar-refractivity contribution >= 4 is 29.5 Å². The Labute approximate surface area is 250 Å². The fraction of sp³-hybridized carbons (Fsp3) is 0.484. The number of nitrogens with one attached hydrogen (secondary N) is 3. The van der Waals surface area contributed by atoms with Crippen molar-refractivity contribution in [3.63, 3.8) is 0 Å². The highest BCUT2D eigenvalue weighted by molar-refractivity contribution is 5.97. The van der Waals surface area contributed by atoms with Crippen molar-refractivity contribution in [2.24, 2.45) is 17.8 Å². The zero-order chi connectivity index (χ0) is 31.5. The highest BCUT2D eigenvalue weighted by atomic mass is 19.1. The van der Waals surface area contributed by atoms with Gasteiger partial charge in [-0.15, -0.1) is 0 Å². The minimum atomic E-state index is -0.922. The lowest BCUT2D eigenvalue weighted by Gasteiger charge is -2.25. The number of aromatic nitrogens is 1. The van der Waals surface area contributed by atoms with E-state index in [0.717, 1.165) is 0 Å². The van der Waals surface area contributed by atoms with Crippen molar-refractivity contribution < 1.29 is 37.6 Å². The molecule has 43 heavy (non-hydrogen) atoms. The van der Waals surface area contributed by atoms with Crippen LogP contribution in [0.5, 0.6) is 0 Å². The van der Waals surface area contributed by atoms with Crippen LogP contribution < -0.4 is 16.0 Å². The number of hydrogen-bond acceptors (Lipinski definition) is 8. The Morgan fingerprint density at radius 2 is 1.91 bits per heavy atom. The molecule has 0 spiro atoms. The van der Waals surface area contributed by atoms with Crippen LogP contribution in [0.4, 0.5) is 4.39 Å². The van der Waals surface area contributed by atoms with Gasteiger partial charge in [-0.1, -0.05) is 37.2 Å². The van der Waals surface area contributed by atoms with E-state index in [1.807, 2.05) is 0 Å². The van der Waals surface area contributed by atoms with Crippen LogP contribution in [0.3, 0.4) is 0 Å². The standard InChI is InChI=1S/C31H39FN4O7/c1-5-42-27(38)11-10-24(16-21-12-13-33-29(21)39)34-30(40)22(15-20-6-8-23(32)9-7-20)17-26(37)28(18(2)3)35-31(41)25-14-19(4)43-36-25/h6-11,14,18,21-22,24,28H,5,12-13,15-17H2,1-4H3,(H,33,39)(H,34,40)(H,35,41). The molecule has 0 radical (unpaired) electrons. The predicted molar refractivity (Wildman–Crippen MR) is 154 cm³/mol. The lowest BCUT2D eigenvalue weighted by molar-refractivity contribution is -0.137. The number of amides is 3. The van der Waals surface area contributed by atoms with Crippen molar-refractivity contribution in [2.45, 2.75) is 65.5 Å². The number of halogens is 1. The number of rotatable bonds is 15. The minimum Gasteiger partial charge on any atom is -0.463 e. The summed E-state index contributed by atoms with van der Waals surface area (Å²) in [6.07, 6.45) is 3.38. The first kappa shape index (κ1) is 33.2. The SMILES string of the molecule is CCOC(=O)C=CC(CC1CCNC1=O)NC(=O)C(CC(=O)C(NC(=O)c1cc(C)on1)C(C)C)Cc1ccc(F)cc1. The topological polar surface area (TPSA) is 157 Å². The number of nitrogens with zero attached hydrogens (tertiary/aromatic N) is 1. The van der Waals surface area contributed by atoms with E-state index in [9.17, 15) is 28.4 Å². The number of Topliss-reactive ketones (excluding diaryl/α,β-unsaturated/α-hetero) is 1. The van der Waals surface area contributed by atoms with Gasteiger partial charge >= 0.3 is 5.97 Å². The lowest BCUT2D eigenvalue weighted by Crippen LogP contribution is -2.47. The first-order chi connectivity index (χ1) is 20.5. The summed E-state index contributed by atoms with van der Waals surface area (Å²) >= 11 is 0. The van der Waals surface area contributed by atoms with Gasteiger partial charge in [-0.25, -0.2) is 9.18 Å². The van der Waals surface area contributed by atoms with Crippen LogP contribution >= 0.6 is 0 Å². The first-order valence-electron chi connectivity index (χ1n) is 14.4. The Bertz CT molecular complexity index is 1320. The Kier molecular flexibility index (Phi) is 12.2. The normalized spacial score (nSPS) is 16.9. The third-order valence-corrected chi connectivity index (χ3v) is 7.15. The molecule has 3 rings (SSSR count). The number of carbonyl (C=O) groups is 5. The van der Waals surface area contributed by atoms with Crippen molar-refractivity contribution in [2.75, 3.05) is 13.2 Å². The summed E-state index contributed by atoms with van der Waals surface area (Å²) in [5, 5.41) is 12.1. The summed E-state index contributed by atoms with van der Waals surface area (Å²) in [7, 11) is 0. The van der Waals surface area contributed by atoms with E-state index in [-0.39, 0.29) is 55.1 Å². The summed E-state index contributed by atoms with van der Waals surface area (Å²) in [6.45, 7) is 7.55. The van der Waals surface area contributed by atoms with Crippen molar-refractivity contribution in [1.29, 1.82) is 0 Å². The molecular formula is C31H39FN4O7. The molecule has 1 fully saturated rings. The molecule has 3 amide bonds. The van der Waals surface area contributed by atoms with Crippen LogP contribution in [-0.4, -0.2) is 59.9 Å². The molecule has 3 N–H and O–H groups in total. The molecule has 4 atom stereocenters. The summed E-state index contributed by atoms with van der Waals surface area (Å²) in [6, 6.07) is 5.45. The van der Waals surface area contributed by atoms with Crippen molar-refractivity contribution in [3.05, 3.63) is 65.3 Å². The first-order valence-corrected chi connectivity index (χ1v) is 14.4. The number of hydrogen-bond donors (Lipinski definition) is 3. The van der Waals surface area contributed by atoms with Gasteiger partial charge < -0.3 is 25.2 Å². The zero-order valence-electron chi connectivity index (χ0n) is 24.9. The van der Waals surface area contributed by atoms with E-state index < -0.39 is 41.6 Å². The van der Waals surface area contributed by atoms with Crippen molar-refractivity contribution in [3.8, 4) is 0 Å². The van der Waals surface area contributed by atoms with Gasteiger partial charge in [-0.2, -0.15) is 0 Å². The van der Waals surface area contributed by atoms with Crippen LogP contribution in [0, 0.1) is 30.5 Å². The molecule has 0 saturated carbocycles. The predicted octanol–water partition coefficient (Wildman–Crippen LogP) is 2.82. The van der Waals surface area contributed by atoms with E-state index in [1.165, 1.54) is 42.5 Å². The molecule has 2 aromatic rings. The van der Waals surface area contributed by atoms with E-state index in [4.69, 9.17) is 9.26 Å². The van der Waals surface area contributed by atoms with Gasteiger partial charge in [0.2, 0.25) is 11.8 Å². The highest BCUT2D eigenvalue weighted by Gasteiger charge is 2.32. The molecule has 232 valence electrons. The number of aryl methyl sites for hydroxylation is 1. The van der Waals surface area contributed by atoms with E-state index in [0.29, 0.717) is 24.3 Å². The van der Waals surface area contributed by atoms with Crippen LogP contribution in [0.1, 0.15) is 61.8 Å². The maximum absolute atomic E-state index is 13.7. The van der Waals surface area contributed by atoms with Crippen molar-refractivity contribution in [1.82, 2.24) is 21.1 Å². The average Bonchev–Trinajstić information content (AvgIpc) is 3.58. The smallest absolute Gasteiger partial charge is 0.330 e. The molecule has 1 saturated heterocycles. The summed E-state index contributed by atoms with van der Waals surface area (Å²) < 4.78 is 23.5. The molecule has 12 heteroatoms. The number of benzene rings is 1. The number of ether oxygens (including phenoxy) is 1. The van der Waals surface area contributed by atoms with E-state index in [1.54, 1.807) is 27.7 Å². The summed E-state index contributed by atoms with van der Waals surface area (Å²) in [5.74, 6) is -3.75. The van der Waals surface area contributed by atoms with Gasteiger partial charge in [-0.05, 0) is 56.7 Å². The maximum atomic E-state index is 13.7. The Balaban J connectivity index is 1.82. The summed E-state index contributed by atoms with van der Waals surface area (Å²) in [5.41, 5.74) is 0.662. The molecule has 1 aliphatic rings. The molecule has 4 unspecified atom stereocenters. The molecule has 0 aliphatic carbocycles. The number of ketones is 1. The third-order valence-electron chi connectivity index (χ3n) is 7.15. The second-order valence-corrected chi connectivity index (χ2v) is 11.0. The second-order valence-electron chi connectivity index (χ2n) is 11.0. The molecule has 1 aromatic heterocycles. The maximum Gasteiger partial charge on any atom is 0.330 e. The van der Waals surface area contributed by atoms with Gasteiger partial charge in [0, 0.05) is 43.0 Å². The Morgan fingerprint density at radius 3 is 2.49 bits per heavy atom. The molecule has 11 nitrogen and oxygen atoms in total. The van der Waals surface area contributed by atoms with E-state index in [2.05, 4.69) is 21.1 Å². The summed E-state index contributed by atoms with van der Waals surface area (Å²) in [4.78, 5) is 64.3. The quantitative estimate of drug-likeness (QED) is 0.209. The lowest BCUT2D eigenvalue weighted by atomic mass is 9.87. The Morgan fingerprint density at radius 1 is 1.19 bits per heavy atom. The number of esters is 1. The fourth-order valence-electron chi connectivity index (χ4n) is 4.89. The van der Waals surface area contributed by atoms with E-state index >= 15 is 0 Å². The zero-order valence-corrected chi connectivity index (χ0v) is 24.9. The van der Waals surface area contributed by atoms with Crippen LogP contribution in [0.15, 0.2) is 47.0 Å². The molecule has 1 aliphatic heterocycles. The van der Waals surface area contributed by atoms with Gasteiger partial charge in [0.05, 0.1) is 12.6 Å². The van der Waals surface area contributed by atoms with Crippen LogP contribution in [0.2, 0.25) is 0 Å². The molecular weight excluding hydrogens is 559 g/mol. The highest BCUT2D eigenvalue weighted by Crippen LogP contribution is 2.21. The second kappa shape index (κ2) is 15.8. The monoisotopic (exact) mass is 598 g/mol. The largest absolute Gasteiger partial charge is 0.463 e. The minimum absolute atomic E-state index is 0.0312.